The number of carbonyl (C=O) groups is 2. The number of halogens is 1. The normalized spacial score (nSPS) is 11.7. The number of hydrogen-bond acceptors (Lipinski definition) is 3. The quantitative estimate of drug-likeness (QED) is 0.873. The number of hydrogen-bond donors (Lipinski definition) is 1. The van der Waals surface area contributed by atoms with Gasteiger partial charge in [-0.3, -0.25) is 4.79 Å². The summed E-state index contributed by atoms with van der Waals surface area (Å²) in [6, 6.07) is 10.6. The van der Waals surface area contributed by atoms with Crippen molar-refractivity contribution < 1.29 is 23.8 Å². The summed E-state index contributed by atoms with van der Waals surface area (Å²) in [7, 11) is 3.17. The molecule has 0 bridgehead atoms. The van der Waals surface area contributed by atoms with Gasteiger partial charge < -0.3 is 14.7 Å². The fourth-order valence-corrected chi connectivity index (χ4v) is 2.54. The molecule has 0 saturated heterocycles. The van der Waals surface area contributed by atoms with E-state index in [1.807, 2.05) is 31.2 Å². The van der Waals surface area contributed by atoms with Gasteiger partial charge in [-0.15, -0.1) is 0 Å². The predicted molar refractivity (Wildman–Crippen MR) is 91.6 cm³/mol. The van der Waals surface area contributed by atoms with Crippen molar-refractivity contribution in [1.82, 2.24) is 4.90 Å². The molecule has 0 heterocycles. The van der Waals surface area contributed by atoms with Crippen molar-refractivity contribution in [3.8, 4) is 5.75 Å². The maximum atomic E-state index is 14.1. The zero-order valence-corrected chi connectivity index (χ0v) is 14.3. The SMILES string of the molecule is COc1ccccc1CC(C)N(C)C(=O)c1ccc(C(=O)O)cc1F. The van der Waals surface area contributed by atoms with Gasteiger partial charge >= 0.3 is 5.97 Å². The number of ether oxygens (including phenoxy) is 1. The van der Waals surface area contributed by atoms with E-state index >= 15 is 0 Å². The van der Waals surface area contributed by atoms with E-state index in [1.54, 1.807) is 14.2 Å². The van der Waals surface area contributed by atoms with Crippen molar-refractivity contribution in [2.75, 3.05) is 14.2 Å². The van der Waals surface area contributed by atoms with Gasteiger partial charge in [0.15, 0.2) is 0 Å². The molecule has 2 rings (SSSR count). The highest BCUT2D eigenvalue weighted by Crippen LogP contribution is 2.21. The number of likely N-dealkylation sites (N-methyl/N-ethyl adjacent to an activating group) is 1. The highest BCUT2D eigenvalue weighted by molar-refractivity contribution is 5.96. The summed E-state index contributed by atoms with van der Waals surface area (Å²) >= 11 is 0. The molecular weight excluding hydrogens is 325 g/mol. The molecule has 0 aromatic heterocycles. The Bertz CT molecular complexity index is 791. The van der Waals surface area contributed by atoms with E-state index in [0.29, 0.717) is 6.42 Å². The van der Waals surface area contributed by atoms with Gasteiger partial charge in [0.25, 0.3) is 5.91 Å². The number of rotatable bonds is 6. The van der Waals surface area contributed by atoms with Crippen LogP contribution in [-0.4, -0.2) is 42.1 Å². The lowest BCUT2D eigenvalue weighted by Gasteiger charge is -2.26. The van der Waals surface area contributed by atoms with Crippen molar-refractivity contribution in [3.05, 3.63) is 65.0 Å². The lowest BCUT2D eigenvalue weighted by Crippen LogP contribution is -2.37. The number of nitrogens with zero attached hydrogens (tertiary/aromatic N) is 1. The monoisotopic (exact) mass is 345 g/mol. The van der Waals surface area contributed by atoms with Gasteiger partial charge in [0.1, 0.15) is 11.6 Å². The molecule has 1 unspecified atom stereocenters. The first-order valence-corrected chi connectivity index (χ1v) is 7.77. The Labute approximate surface area is 145 Å². The van der Waals surface area contributed by atoms with Gasteiger partial charge in [0.05, 0.1) is 18.2 Å². The number of methoxy groups -OCH3 is 1. The van der Waals surface area contributed by atoms with E-state index in [4.69, 9.17) is 9.84 Å². The Hall–Kier alpha value is -2.89. The highest BCUT2D eigenvalue weighted by atomic mass is 19.1. The Morgan fingerprint density at radius 1 is 1.24 bits per heavy atom. The average Bonchev–Trinajstić information content (AvgIpc) is 2.60. The van der Waals surface area contributed by atoms with E-state index in [0.717, 1.165) is 17.4 Å². The Morgan fingerprint density at radius 2 is 1.92 bits per heavy atom. The fourth-order valence-electron chi connectivity index (χ4n) is 2.54. The van der Waals surface area contributed by atoms with Gasteiger partial charge in [-0.1, -0.05) is 18.2 Å². The molecule has 2 aromatic carbocycles. The smallest absolute Gasteiger partial charge is 0.335 e. The van der Waals surface area contributed by atoms with Crippen molar-refractivity contribution in [1.29, 1.82) is 0 Å². The summed E-state index contributed by atoms with van der Waals surface area (Å²) in [5.41, 5.74) is 0.594. The summed E-state index contributed by atoms with van der Waals surface area (Å²) in [5, 5.41) is 8.88. The Balaban J connectivity index is 2.17. The standard InChI is InChI=1S/C19H20FNO4/c1-12(10-13-6-4-5-7-17(13)25-3)21(2)18(22)15-9-8-14(19(23)24)11-16(15)20/h4-9,11-12H,10H2,1-3H3,(H,23,24). The van der Waals surface area contributed by atoms with Gasteiger partial charge in [-0.05, 0) is 43.2 Å². The highest BCUT2D eigenvalue weighted by Gasteiger charge is 2.22. The first kappa shape index (κ1) is 18.4. The van der Waals surface area contributed by atoms with E-state index in [-0.39, 0.29) is 17.2 Å². The van der Waals surface area contributed by atoms with E-state index < -0.39 is 17.7 Å². The van der Waals surface area contributed by atoms with Crippen molar-refractivity contribution in [2.24, 2.45) is 0 Å². The molecule has 25 heavy (non-hydrogen) atoms. The summed E-state index contributed by atoms with van der Waals surface area (Å²) in [4.78, 5) is 24.8. The molecule has 6 heteroatoms. The minimum Gasteiger partial charge on any atom is -0.496 e. The number of carboxylic acids is 1. The van der Waals surface area contributed by atoms with Crippen LogP contribution in [0.5, 0.6) is 5.75 Å². The maximum Gasteiger partial charge on any atom is 0.335 e. The number of amides is 1. The Kier molecular flexibility index (Phi) is 5.75. The molecule has 1 N–H and O–H groups in total. The molecule has 132 valence electrons. The summed E-state index contributed by atoms with van der Waals surface area (Å²) in [6.45, 7) is 1.86. The van der Waals surface area contributed by atoms with Crippen molar-refractivity contribution in [3.63, 3.8) is 0 Å². The second-order valence-electron chi connectivity index (χ2n) is 5.78. The van der Waals surface area contributed by atoms with Crippen LogP contribution < -0.4 is 4.74 Å². The van der Waals surface area contributed by atoms with Crippen LogP contribution in [0.25, 0.3) is 0 Å². The van der Waals surface area contributed by atoms with Crippen molar-refractivity contribution in [2.45, 2.75) is 19.4 Å². The predicted octanol–water partition coefficient (Wildman–Crippen LogP) is 3.24. The first-order valence-electron chi connectivity index (χ1n) is 7.77. The third-order valence-corrected chi connectivity index (χ3v) is 4.14. The molecular formula is C19H20FNO4. The summed E-state index contributed by atoms with van der Waals surface area (Å²) in [6.07, 6.45) is 0.543. The zero-order chi connectivity index (χ0) is 18.6. The molecule has 0 aliphatic rings. The molecule has 0 radical (unpaired) electrons. The molecule has 1 amide bonds. The number of para-hydroxylation sites is 1. The average molecular weight is 345 g/mol. The van der Waals surface area contributed by atoms with Crippen LogP contribution in [0.15, 0.2) is 42.5 Å². The molecule has 0 saturated carbocycles. The molecule has 0 spiro atoms. The maximum absolute atomic E-state index is 14.1. The van der Waals surface area contributed by atoms with Crippen LogP contribution in [0, 0.1) is 5.82 Å². The zero-order valence-electron chi connectivity index (χ0n) is 14.3. The largest absolute Gasteiger partial charge is 0.496 e. The van der Waals surface area contributed by atoms with Gasteiger partial charge in [-0.2, -0.15) is 0 Å². The van der Waals surface area contributed by atoms with E-state index in [9.17, 15) is 14.0 Å². The third-order valence-electron chi connectivity index (χ3n) is 4.14. The molecule has 0 aliphatic carbocycles. The van der Waals surface area contributed by atoms with Crippen LogP contribution >= 0.6 is 0 Å². The summed E-state index contributed by atoms with van der Waals surface area (Å²) in [5.74, 6) is -1.86. The van der Waals surface area contributed by atoms with Gasteiger partial charge in [0.2, 0.25) is 0 Å². The lowest BCUT2D eigenvalue weighted by molar-refractivity contribution is 0.0691. The number of benzene rings is 2. The molecule has 5 nitrogen and oxygen atoms in total. The number of carboxylic acid groups (broad SMARTS) is 1. The molecule has 2 aromatic rings. The van der Waals surface area contributed by atoms with Gasteiger partial charge in [0, 0.05) is 13.1 Å². The van der Waals surface area contributed by atoms with Crippen LogP contribution in [0.2, 0.25) is 0 Å². The van der Waals surface area contributed by atoms with E-state index in [2.05, 4.69) is 0 Å². The third kappa shape index (κ3) is 4.15. The fraction of sp³-hybridized carbons (Fsp3) is 0.263. The Morgan fingerprint density at radius 3 is 2.52 bits per heavy atom. The van der Waals surface area contributed by atoms with Crippen LogP contribution in [0.4, 0.5) is 4.39 Å². The topological polar surface area (TPSA) is 66.8 Å². The number of carbonyl (C=O) groups excluding carboxylic acids is 1. The van der Waals surface area contributed by atoms with E-state index in [1.165, 1.54) is 17.0 Å². The van der Waals surface area contributed by atoms with Crippen molar-refractivity contribution >= 4 is 11.9 Å². The number of aromatic carboxylic acids is 1. The van der Waals surface area contributed by atoms with Gasteiger partial charge in [-0.25, -0.2) is 9.18 Å². The molecule has 1 atom stereocenters. The van der Waals surface area contributed by atoms with Crippen LogP contribution in [-0.2, 0) is 6.42 Å². The molecule has 0 fully saturated rings. The lowest BCUT2D eigenvalue weighted by atomic mass is 10.0. The minimum absolute atomic E-state index is 0.153. The second kappa shape index (κ2) is 7.79. The molecule has 0 aliphatic heterocycles. The second-order valence-corrected chi connectivity index (χ2v) is 5.78. The minimum atomic E-state index is -1.24. The van der Waals surface area contributed by atoms with Crippen LogP contribution in [0.3, 0.4) is 0 Å². The first-order chi connectivity index (χ1) is 11.8. The summed E-state index contributed by atoms with van der Waals surface area (Å²) < 4.78 is 19.4. The van der Waals surface area contributed by atoms with Crippen LogP contribution in [0.1, 0.15) is 33.2 Å².